The summed E-state index contributed by atoms with van der Waals surface area (Å²) in [5, 5.41) is 1.82. The van der Waals surface area contributed by atoms with Gasteiger partial charge in [0.05, 0.1) is 17.9 Å². The SMILES string of the molecule is O=C1N(Cc2ccccc2)c2ccc(Cl)cc2[C@]12c1[nH]c3ccccc3c1CCN2Cc1ccccc1. The van der Waals surface area contributed by atoms with Crippen LogP contribution in [0.3, 0.4) is 0 Å². The second-order valence-electron chi connectivity index (χ2n) is 9.93. The first kappa shape index (κ1) is 22.3. The molecule has 0 fully saturated rings. The fraction of sp³-hybridized carbons (Fsp3) is 0.156. The van der Waals surface area contributed by atoms with Gasteiger partial charge in [-0.2, -0.15) is 0 Å². The highest BCUT2D eigenvalue weighted by atomic mass is 35.5. The van der Waals surface area contributed by atoms with E-state index < -0.39 is 5.54 Å². The first-order valence-electron chi connectivity index (χ1n) is 12.7. The highest BCUT2D eigenvalue weighted by molar-refractivity contribution is 6.31. The Balaban J connectivity index is 1.48. The van der Waals surface area contributed by atoms with E-state index >= 15 is 0 Å². The zero-order chi connectivity index (χ0) is 25.0. The van der Waals surface area contributed by atoms with Gasteiger partial charge in [-0.1, -0.05) is 90.5 Å². The van der Waals surface area contributed by atoms with Crippen LogP contribution in [0, 0.1) is 0 Å². The van der Waals surface area contributed by atoms with Crippen LogP contribution in [0.2, 0.25) is 5.02 Å². The van der Waals surface area contributed by atoms with Crippen LogP contribution in [0.5, 0.6) is 0 Å². The lowest BCUT2D eigenvalue weighted by Gasteiger charge is -2.43. The number of aromatic amines is 1. The van der Waals surface area contributed by atoms with Crippen LogP contribution in [0.25, 0.3) is 10.9 Å². The predicted octanol–water partition coefficient (Wildman–Crippen LogP) is 6.67. The largest absolute Gasteiger partial charge is 0.356 e. The van der Waals surface area contributed by atoms with Gasteiger partial charge in [0.1, 0.15) is 0 Å². The van der Waals surface area contributed by atoms with Crippen LogP contribution >= 0.6 is 11.6 Å². The molecule has 4 aromatic carbocycles. The van der Waals surface area contributed by atoms with Crippen LogP contribution in [0.1, 0.15) is 27.9 Å². The Morgan fingerprint density at radius 3 is 2.24 bits per heavy atom. The molecule has 0 saturated carbocycles. The van der Waals surface area contributed by atoms with E-state index in [1.165, 1.54) is 16.5 Å². The molecular weight excluding hydrogens is 478 g/mol. The molecule has 0 saturated heterocycles. The Labute approximate surface area is 221 Å². The second kappa shape index (κ2) is 8.62. The van der Waals surface area contributed by atoms with Gasteiger partial charge in [0, 0.05) is 34.6 Å². The lowest BCUT2D eigenvalue weighted by molar-refractivity contribution is -0.129. The molecule has 2 aliphatic heterocycles. The van der Waals surface area contributed by atoms with Crippen molar-refractivity contribution < 1.29 is 4.79 Å². The van der Waals surface area contributed by atoms with Crippen molar-refractivity contribution in [1.29, 1.82) is 0 Å². The Morgan fingerprint density at radius 2 is 1.49 bits per heavy atom. The van der Waals surface area contributed by atoms with Crippen molar-refractivity contribution in [1.82, 2.24) is 9.88 Å². The third-order valence-electron chi connectivity index (χ3n) is 7.88. The molecule has 5 aromatic rings. The Morgan fingerprint density at radius 1 is 0.811 bits per heavy atom. The summed E-state index contributed by atoms with van der Waals surface area (Å²) in [6, 6.07) is 34.9. The van der Waals surface area contributed by atoms with Crippen LogP contribution in [-0.2, 0) is 29.8 Å². The molecule has 1 spiro atoms. The normalized spacial score (nSPS) is 18.9. The topological polar surface area (TPSA) is 39.3 Å². The van der Waals surface area contributed by atoms with Crippen LogP contribution in [0.15, 0.2) is 103 Å². The lowest BCUT2D eigenvalue weighted by Crippen LogP contribution is -2.56. The predicted molar refractivity (Wildman–Crippen MR) is 149 cm³/mol. The molecule has 1 N–H and O–H groups in total. The van der Waals surface area contributed by atoms with Crippen molar-refractivity contribution in [3.63, 3.8) is 0 Å². The number of rotatable bonds is 4. The van der Waals surface area contributed by atoms with E-state index in [2.05, 4.69) is 64.5 Å². The van der Waals surface area contributed by atoms with E-state index in [1.54, 1.807) is 0 Å². The van der Waals surface area contributed by atoms with Gasteiger partial charge in [-0.25, -0.2) is 0 Å². The van der Waals surface area contributed by atoms with Gasteiger partial charge < -0.3 is 9.88 Å². The van der Waals surface area contributed by atoms with E-state index in [1.807, 2.05) is 53.4 Å². The molecule has 1 atom stereocenters. The number of fused-ring (bicyclic) bond motifs is 6. The number of carbonyl (C=O) groups is 1. The number of aromatic nitrogens is 1. The number of hydrogen-bond acceptors (Lipinski definition) is 2. The molecule has 5 heteroatoms. The summed E-state index contributed by atoms with van der Waals surface area (Å²) in [6.45, 7) is 1.93. The first-order valence-corrected chi connectivity index (χ1v) is 13.1. The molecule has 37 heavy (non-hydrogen) atoms. The number of carbonyl (C=O) groups excluding carboxylic acids is 1. The summed E-state index contributed by atoms with van der Waals surface area (Å²) in [4.78, 5) is 22.9. The van der Waals surface area contributed by atoms with Gasteiger partial charge in [-0.3, -0.25) is 9.69 Å². The Bertz CT molecular complexity index is 1630. The average Bonchev–Trinajstić information content (AvgIpc) is 3.42. The summed E-state index contributed by atoms with van der Waals surface area (Å²) < 4.78 is 0. The van der Waals surface area contributed by atoms with Crippen molar-refractivity contribution >= 4 is 34.1 Å². The number of anilines is 1. The molecule has 1 aromatic heterocycles. The van der Waals surface area contributed by atoms with Crippen molar-refractivity contribution in [2.45, 2.75) is 25.0 Å². The van der Waals surface area contributed by atoms with Gasteiger partial charge in [0.25, 0.3) is 5.91 Å². The zero-order valence-electron chi connectivity index (χ0n) is 20.3. The standard InChI is InChI=1S/C32H26ClN3O/c33-24-15-16-29-27(19-24)32(31(37)36(29)21-23-11-5-2-6-12-23)30-26(25-13-7-8-14-28(25)34-30)17-18-35(32)20-22-9-3-1-4-10-22/h1-16,19,34H,17-18,20-21H2/t32-/m0/s1. The Kier molecular flexibility index (Phi) is 5.20. The average molecular weight is 504 g/mol. The molecule has 0 unspecified atom stereocenters. The monoisotopic (exact) mass is 503 g/mol. The number of para-hydroxylation sites is 1. The van der Waals surface area contributed by atoms with Gasteiger partial charge in [0.15, 0.2) is 5.54 Å². The van der Waals surface area contributed by atoms with Gasteiger partial charge >= 0.3 is 0 Å². The maximum atomic E-state index is 14.9. The molecule has 3 heterocycles. The number of amides is 1. The maximum absolute atomic E-state index is 14.9. The van der Waals surface area contributed by atoms with Gasteiger partial charge in [-0.05, 0) is 47.4 Å². The summed E-state index contributed by atoms with van der Waals surface area (Å²) in [6.07, 6.45) is 0.871. The lowest BCUT2D eigenvalue weighted by atomic mass is 9.79. The number of H-pyrrole nitrogens is 1. The molecule has 1 amide bonds. The molecule has 2 aliphatic rings. The van der Waals surface area contributed by atoms with Crippen LogP contribution in [0.4, 0.5) is 5.69 Å². The van der Waals surface area contributed by atoms with Crippen molar-refractivity contribution in [2.24, 2.45) is 0 Å². The number of benzene rings is 4. The Hall–Kier alpha value is -3.86. The minimum absolute atomic E-state index is 0.0667. The highest BCUT2D eigenvalue weighted by Crippen LogP contribution is 2.53. The van der Waals surface area contributed by atoms with Crippen molar-refractivity contribution in [2.75, 3.05) is 11.4 Å². The third kappa shape index (κ3) is 3.37. The van der Waals surface area contributed by atoms with Crippen molar-refractivity contribution in [3.05, 3.63) is 136 Å². The van der Waals surface area contributed by atoms with E-state index in [0.717, 1.165) is 41.0 Å². The molecule has 0 radical (unpaired) electrons. The minimum Gasteiger partial charge on any atom is -0.356 e. The fourth-order valence-electron chi connectivity index (χ4n) is 6.27. The van der Waals surface area contributed by atoms with Gasteiger partial charge in [-0.15, -0.1) is 0 Å². The molecule has 0 aliphatic carbocycles. The van der Waals surface area contributed by atoms with Crippen LogP contribution in [-0.4, -0.2) is 22.3 Å². The van der Waals surface area contributed by atoms with E-state index in [-0.39, 0.29) is 5.91 Å². The second-order valence-corrected chi connectivity index (χ2v) is 10.4. The summed E-state index contributed by atoms with van der Waals surface area (Å²) >= 11 is 6.64. The van der Waals surface area contributed by atoms with E-state index in [4.69, 9.17) is 11.6 Å². The molecule has 4 nitrogen and oxygen atoms in total. The maximum Gasteiger partial charge on any atom is 0.258 e. The van der Waals surface area contributed by atoms with Gasteiger partial charge in [0.2, 0.25) is 0 Å². The molecule has 7 rings (SSSR count). The molecule has 182 valence electrons. The summed E-state index contributed by atoms with van der Waals surface area (Å²) in [5.41, 5.74) is 6.41. The van der Waals surface area contributed by atoms with E-state index in [0.29, 0.717) is 18.1 Å². The fourth-order valence-corrected chi connectivity index (χ4v) is 6.44. The zero-order valence-corrected chi connectivity index (χ0v) is 21.1. The minimum atomic E-state index is -0.989. The summed E-state index contributed by atoms with van der Waals surface area (Å²) in [5.74, 6) is 0.0667. The van der Waals surface area contributed by atoms with Crippen LogP contribution < -0.4 is 4.90 Å². The smallest absolute Gasteiger partial charge is 0.258 e. The van der Waals surface area contributed by atoms with Crippen molar-refractivity contribution in [3.8, 4) is 0 Å². The highest BCUT2D eigenvalue weighted by Gasteiger charge is 2.59. The summed E-state index contributed by atoms with van der Waals surface area (Å²) in [7, 11) is 0. The molecular formula is C32H26ClN3O. The third-order valence-corrected chi connectivity index (χ3v) is 8.11. The first-order chi connectivity index (χ1) is 18.2. The number of nitrogens with one attached hydrogen (secondary N) is 1. The molecule has 0 bridgehead atoms. The number of halogens is 1. The quantitative estimate of drug-likeness (QED) is 0.297. The number of hydrogen-bond donors (Lipinski definition) is 1. The number of nitrogens with zero attached hydrogens (tertiary/aromatic N) is 2. The van der Waals surface area contributed by atoms with E-state index in [9.17, 15) is 4.79 Å².